The lowest BCUT2D eigenvalue weighted by atomic mass is 9.98. The van der Waals surface area contributed by atoms with Gasteiger partial charge in [0.15, 0.2) is 0 Å². The van der Waals surface area contributed by atoms with Crippen LogP contribution in [-0.4, -0.2) is 22.7 Å². The highest BCUT2D eigenvalue weighted by Crippen LogP contribution is 2.44. The molecular weight excluding hydrogens is 401 g/mol. The van der Waals surface area contributed by atoms with Crippen LogP contribution in [0.15, 0.2) is 54.9 Å². The molecule has 0 amide bonds. The van der Waals surface area contributed by atoms with Crippen LogP contribution in [0, 0.1) is 5.82 Å². The summed E-state index contributed by atoms with van der Waals surface area (Å²) in [5.41, 5.74) is 2.18. The Morgan fingerprint density at radius 3 is 2.81 bits per heavy atom. The number of aliphatic carboxylic acids is 1. The number of benzene rings is 2. The van der Waals surface area contributed by atoms with Crippen molar-refractivity contribution >= 4 is 5.97 Å². The molecule has 0 bridgehead atoms. The Morgan fingerprint density at radius 2 is 2.00 bits per heavy atom. The number of fused-ring (bicyclic) bond motifs is 2. The molecule has 31 heavy (non-hydrogen) atoms. The Labute approximate surface area is 178 Å². The zero-order valence-corrected chi connectivity index (χ0v) is 16.6. The van der Waals surface area contributed by atoms with Gasteiger partial charge in [0.25, 0.3) is 0 Å². The van der Waals surface area contributed by atoms with Gasteiger partial charge in [0.05, 0.1) is 13.0 Å². The molecule has 0 fully saturated rings. The number of hydrogen-bond donors (Lipinski definition) is 1. The van der Waals surface area contributed by atoms with Crippen LogP contribution in [0.5, 0.6) is 23.0 Å². The zero-order valence-electron chi connectivity index (χ0n) is 16.6. The Morgan fingerprint density at radius 1 is 1.16 bits per heavy atom. The molecule has 2 aromatic carbocycles. The summed E-state index contributed by atoms with van der Waals surface area (Å²) >= 11 is 0. The summed E-state index contributed by atoms with van der Waals surface area (Å²) < 4.78 is 32.5. The van der Waals surface area contributed by atoms with Gasteiger partial charge in [0, 0.05) is 41.1 Å². The number of hydrogen-bond acceptors (Lipinski definition) is 5. The molecule has 0 spiro atoms. The maximum Gasteiger partial charge on any atom is 0.304 e. The molecule has 158 valence electrons. The summed E-state index contributed by atoms with van der Waals surface area (Å²) in [4.78, 5) is 15.0. The lowest BCUT2D eigenvalue weighted by Crippen LogP contribution is -2.07. The molecule has 0 radical (unpaired) electrons. The average molecular weight is 421 g/mol. The summed E-state index contributed by atoms with van der Waals surface area (Å²) in [5, 5.41) is 9.05. The van der Waals surface area contributed by atoms with Crippen molar-refractivity contribution in [3.8, 4) is 23.0 Å². The molecule has 2 aliphatic rings. The summed E-state index contributed by atoms with van der Waals surface area (Å²) in [6.45, 7) is 0.335. The fourth-order valence-corrected chi connectivity index (χ4v) is 4.26. The summed E-state index contributed by atoms with van der Waals surface area (Å²) in [6.07, 6.45) is 4.13. The summed E-state index contributed by atoms with van der Waals surface area (Å²) in [5.74, 6) is 1.09. The van der Waals surface area contributed by atoms with Gasteiger partial charge < -0.3 is 19.3 Å². The monoisotopic (exact) mass is 421 g/mol. The largest absolute Gasteiger partial charge is 0.492 e. The van der Waals surface area contributed by atoms with Crippen LogP contribution < -0.4 is 14.2 Å². The van der Waals surface area contributed by atoms with Crippen LogP contribution in [0.2, 0.25) is 0 Å². The van der Waals surface area contributed by atoms with Gasteiger partial charge >= 0.3 is 5.97 Å². The lowest BCUT2D eigenvalue weighted by Gasteiger charge is -2.17. The second-order valence-electron chi connectivity index (χ2n) is 7.67. The van der Waals surface area contributed by atoms with Crippen molar-refractivity contribution < 1.29 is 28.5 Å². The van der Waals surface area contributed by atoms with Crippen molar-refractivity contribution in [1.29, 1.82) is 0 Å². The zero-order chi connectivity index (χ0) is 21.4. The van der Waals surface area contributed by atoms with E-state index >= 15 is 0 Å². The SMILES string of the molecule is O=C(O)CC1COc2cc(OC3CCc4c(Oc5ccncc5)ccc(F)c43)ccc21. The van der Waals surface area contributed by atoms with Crippen LogP contribution in [0.3, 0.4) is 0 Å². The topological polar surface area (TPSA) is 77.9 Å². The number of carboxylic acid groups (broad SMARTS) is 1. The minimum absolute atomic E-state index is 0.0225. The lowest BCUT2D eigenvalue weighted by molar-refractivity contribution is -0.137. The predicted octanol–water partition coefficient (Wildman–Crippen LogP) is 5.03. The normalized spacial score (nSPS) is 18.7. The number of carbonyl (C=O) groups is 1. The van der Waals surface area contributed by atoms with Crippen LogP contribution in [0.25, 0.3) is 0 Å². The third-order valence-corrected chi connectivity index (χ3v) is 5.68. The second-order valence-corrected chi connectivity index (χ2v) is 7.67. The Kier molecular flexibility index (Phi) is 4.94. The van der Waals surface area contributed by atoms with Crippen molar-refractivity contribution in [2.75, 3.05) is 6.61 Å². The van der Waals surface area contributed by atoms with E-state index in [2.05, 4.69) is 4.98 Å². The van der Waals surface area contributed by atoms with Crippen LogP contribution in [0.4, 0.5) is 4.39 Å². The van der Waals surface area contributed by atoms with E-state index < -0.39 is 12.1 Å². The molecule has 5 rings (SSSR count). The van der Waals surface area contributed by atoms with Gasteiger partial charge in [-0.05, 0) is 43.2 Å². The number of halogens is 1. The predicted molar refractivity (Wildman–Crippen MR) is 109 cm³/mol. The van der Waals surface area contributed by atoms with Crippen LogP contribution in [-0.2, 0) is 11.2 Å². The van der Waals surface area contributed by atoms with Crippen molar-refractivity contribution in [1.82, 2.24) is 4.98 Å². The third kappa shape index (κ3) is 3.79. The third-order valence-electron chi connectivity index (χ3n) is 5.68. The molecule has 0 saturated heterocycles. The highest BCUT2D eigenvalue weighted by atomic mass is 19.1. The van der Waals surface area contributed by atoms with Crippen LogP contribution in [0.1, 0.15) is 41.6 Å². The van der Waals surface area contributed by atoms with Gasteiger partial charge in [-0.2, -0.15) is 0 Å². The van der Waals surface area contributed by atoms with Gasteiger partial charge in [-0.1, -0.05) is 6.07 Å². The first-order valence-electron chi connectivity index (χ1n) is 10.1. The molecule has 2 atom stereocenters. The van der Waals surface area contributed by atoms with E-state index in [1.165, 1.54) is 6.07 Å². The van der Waals surface area contributed by atoms with E-state index in [0.29, 0.717) is 48.0 Å². The maximum atomic E-state index is 14.7. The molecule has 2 heterocycles. The Hall–Kier alpha value is -3.61. The number of rotatable bonds is 6. The standard InChI is InChI=1S/C24H20FNO5/c25-19-4-6-20(30-15-7-9-26-10-8-15)18-3-5-21(24(18)19)31-16-1-2-17-14(11-23(27)28)13-29-22(17)12-16/h1-2,4,6-10,12,14,21H,3,5,11,13H2,(H,27,28). The molecule has 1 aromatic heterocycles. The molecule has 1 N–H and O–H groups in total. The fourth-order valence-electron chi connectivity index (χ4n) is 4.26. The van der Waals surface area contributed by atoms with Gasteiger partial charge in [0.2, 0.25) is 0 Å². The molecule has 6 nitrogen and oxygen atoms in total. The molecule has 1 aliphatic carbocycles. The Balaban J connectivity index is 1.37. The van der Waals surface area contributed by atoms with Gasteiger partial charge in [0.1, 0.15) is 34.9 Å². The van der Waals surface area contributed by atoms with Crippen molar-refractivity contribution in [2.24, 2.45) is 0 Å². The molecule has 1 aliphatic heterocycles. The smallest absolute Gasteiger partial charge is 0.304 e. The number of nitrogens with zero attached hydrogens (tertiary/aromatic N) is 1. The maximum absolute atomic E-state index is 14.7. The van der Waals surface area contributed by atoms with E-state index in [1.807, 2.05) is 6.07 Å². The van der Waals surface area contributed by atoms with E-state index in [-0.39, 0.29) is 18.2 Å². The number of ether oxygens (including phenoxy) is 3. The van der Waals surface area contributed by atoms with Gasteiger partial charge in [-0.3, -0.25) is 9.78 Å². The van der Waals surface area contributed by atoms with Crippen molar-refractivity contribution in [3.05, 3.63) is 77.4 Å². The fraction of sp³-hybridized carbons (Fsp3) is 0.250. The molecular formula is C24H20FNO5. The first-order valence-corrected chi connectivity index (χ1v) is 10.1. The molecule has 0 saturated carbocycles. The minimum Gasteiger partial charge on any atom is -0.492 e. The first kappa shape index (κ1) is 19.4. The quantitative estimate of drug-likeness (QED) is 0.602. The van der Waals surface area contributed by atoms with Gasteiger partial charge in [-0.15, -0.1) is 0 Å². The number of carboxylic acids is 1. The second kappa shape index (κ2) is 7.91. The van der Waals surface area contributed by atoms with E-state index in [9.17, 15) is 9.18 Å². The van der Waals surface area contributed by atoms with E-state index in [0.717, 1.165) is 11.1 Å². The number of aromatic nitrogens is 1. The molecule has 3 aromatic rings. The van der Waals surface area contributed by atoms with Gasteiger partial charge in [-0.25, -0.2) is 4.39 Å². The van der Waals surface area contributed by atoms with Crippen molar-refractivity contribution in [3.63, 3.8) is 0 Å². The Bertz CT molecular complexity index is 1130. The summed E-state index contributed by atoms with van der Waals surface area (Å²) in [6, 6.07) is 11.9. The highest BCUT2D eigenvalue weighted by Gasteiger charge is 2.32. The average Bonchev–Trinajstić information content (AvgIpc) is 3.36. The first-order chi connectivity index (χ1) is 15.1. The minimum atomic E-state index is -0.857. The summed E-state index contributed by atoms with van der Waals surface area (Å²) in [7, 11) is 0. The molecule has 7 heteroatoms. The van der Waals surface area contributed by atoms with Crippen molar-refractivity contribution in [2.45, 2.75) is 31.3 Å². The molecule has 2 unspecified atom stereocenters. The van der Waals surface area contributed by atoms with Crippen LogP contribution >= 0.6 is 0 Å². The van der Waals surface area contributed by atoms with E-state index in [1.54, 1.807) is 42.7 Å². The number of pyridine rings is 1. The van der Waals surface area contributed by atoms with E-state index in [4.69, 9.17) is 19.3 Å². The highest BCUT2D eigenvalue weighted by molar-refractivity contribution is 5.68.